The maximum absolute atomic E-state index is 12.2. The van der Waals surface area contributed by atoms with Crippen molar-refractivity contribution < 1.29 is 14.3 Å². The van der Waals surface area contributed by atoms with Gasteiger partial charge in [-0.25, -0.2) is 9.78 Å². The molecule has 6 nitrogen and oxygen atoms in total. The predicted octanol–water partition coefficient (Wildman–Crippen LogP) is 3.38. The minimum absolute atomic E-state index is 0.138. The van der Waals surface area contributed by atoms with Crippen molar-refractivity contribution >= 4 is 34.8 Å². The highest BCUT2D eigenvalue weighted by Crippen LogP contribution is 2.26. The first-order chi connectivity index (χ1) is 11.9. The van der Waals surface area contributed by atoms with E-state index in [2.05, 4.69) is 4.98 Å². The fourth-order valence-electron chi connectivity index (χ4n) is 2.03. The molecule has 1 amide bonds. The number of hydrogen-bond donors (Lipinski definition) is 0. The van der Waals surface area contributed by atoms with Crippen molar-refractivity contribution in [2.24, 2.45) is 0 Å². The first-order valence-electron chi connectivity index (χ1n) is 7.46. The summed E-state index contributed by atoms with van der Waals surface area (Å²) in [7, 11) is 1.56. The summed E-state index contributed by atoms with van der Waals surface area (Å²) in [5.41, 5.74) is 0.941. The molecule has 0 fully saturated rings. The normalized spacial score (nSPS) is 11.4. The molecule has 0 aliphatic rings. The second-order valence-corrected chi connectivity index (χ2v) is 6.56. The van der Waals surface area contributed by atoms with Gasteiger partial charge in [0.1, 0.15) is 5.01 Å². The molecular weight excluding hydrogens is 362 g/mol. The predicted molar refractivity (Wildman–Crippen MR) is 95.3 cm³/mol. The summed E-state index contributed by atoms with van der Waals surface area (Å²) in [4.78, 5) is 29.9. The van der Waals surface area contributed by atoms with E-state index in [-0.39, 0.29) is 24.6 Å². The standard InChI is InChI=1S/C17H16ClN3O3S/c1-11(16(22)21(2)8-4-7-19)24-17(23)14-10-25-15(20-14)12-5-3-6-13(18)9-12/h3,5-6,9-11H,4,8H2,1-2H3/t11-/m1/s1. The molecule has 0 saturated carbocycles. The molecule has 0 radical (unpaired) electrons. The van der Waals surface area contributed by atoms with Gasteiger partial charge in [-0.15, -0.1) is 11.3 Å². The molecular formula is C17H16ClN3O3S. The maximum atomic E-state index is 12.2. The highest BCUT2D eigenvalue weighted by molar-refractivity contribution is 7.13. The largest absolute Gasteiger partial charge is 0.448 e. The molecule has 0 saturated heterocycles. The van der Waals surface area contributed by atoms with Crippen molar-refractivity contribution in [2.75, 3.05) is 13.6 Å². The van der Waals surface area contributed by atoms with Crippen molar-refractivity contribution in [1.29, 1.82) is 5.26 Å². The number of benzene rings is 1. The molecule has 0 aliphatic carbocycles. The lowest BCUT2D eigenvalue weighted by molar-refractivity contribution is -0.138. The van der Waals surface area contributed by atoms with Crippen molar-refractivity contribution in [3.63, 3.8) is 0 Å². The summed E-state index contributed by atoms with van der Waals surface area (Å²) >= 11 is 7.25. The smallest absolute Gasteiger partial charge is 0.358 e. The van der Waals surface area contributed by atoms with Crippen LogP contribution in [0.5, 0.6) is 0 Å². The minimum atomic E-state index is -0.951. The van der Waals surface area contributed by atoms with Gasteiger partial charge in [0.15, 0.2) is 11.8 Å². The summed E-state index contributed by atoms with van der Waals surface area (Å²) in [6.07, 6.45) is -0.731. The summed E-state index contributed by atoms with van der Waals surface area (Å²) in [5, 5.41) is 11.4. The number of esters is 1. The number of carbonyl (C=O) groups is 2. The molecule has 130 valence electrons. The van der Waals surface area contributed by atoms with Crippen LogP contribution in [0.3, 0.4) is 0 Å². The summed E-state index contributed by atoms with van der Waals surface area (Å²) < 4.78 is 5.18. The van der Waals surface area contributed by atoms with Crippen LogP contribution in [0.4, 0.5) is 0 Å². The van der Waals surface area contributed by atoms with Crippen molar-refractivity contribution in [1.82, 2.24) is 9.88 Å². The van der Waals surface area contributed by atoms with E-state index in [1.54, 1.807) is 30.6 Å². The highest BCUT2D eigenvalue weighted by Gasteiger charge is 2.23. The van der Waals surface area contributed by atoms with E-state index >= 15 is 0 Å². The van der Waals surface area contributed by atoms with Gasteiger partial charge in [0.05, 0.1) is 12.5 Å². The van der Waals surface area contributed by atoms with Crippen LogP contribution < -0.4 is 0 Å². The van der Waals surface area contributed by atoms with Gasteiger partial charge in [-0.05, 0) is 19.1 Å². The fraction of sp³-hybridized carbons (Fsp3) is 0.294. The number of rotatable bonds is 6. The lowest BCUT2D eigenvalue weighted by atomic mass is 10.2. The zero-order valence-corrected chi connectivity index (χ0v) is 15.3. The van der Waals surface area contributed by atoms with Gasteiger partial charge in [0, 0.05) is 29.6 Å². The fourth-order valence-corrected chi connectivity index (χ4v) is 3.01. The molecule has 0 unspecified atom stereocenters. The van der Waals surface area contributed by atoms with Crippen LogP contribution in [0.15, 0.2) is 29.6 Å². The lowest BCUT2D eigenvalue weighted by Crippen LogP contribution is -2.37. The van der Waals surface area contributed by atoms with E-state index in [4.69, 9.17) is 21.6 Å². The molecule has 0 spiro atoms. The second-order valence-electron chi connectivity index (χ2n) is 5.26. The molecule has 2 aromatic rings. The monoisotopic (exact) mass is 377 g/mol. The van der Waals surface area contributed by atoms with Gasteiger partial charge in [0.2, 0.25) is 0 Å². The number of ether oxygens (including phenoxy) is 1. The number of amides is 1. The third kappa shape index (κ3) is 5.02. The van der Waals surface area contributed by atoms with E-state index in [0.29, 0.717) is 10.0 Å². The van der Waals surface area contributed by atoms with Gasteiger partial charge in [-0.2, -0.15) is 5.26 Å². The second kappa shape index (κ2) is 8.60. The third-order valence-electron chi connectivity index (χ3n) is 3.35. The number of thiazole rings is 1. The van der Waals surface area contributed by atoms with Gasteiger partial charge >= 0.3 is 5.97 Å². The maximum Gasteiger partial charge on any atom is 0.358 e. The molecule has 1 heterocycles. The minimum Gasteiger partial charge on any atom is -0.448 e. The summed E-state index contributed by atoms with van der Waals surface area (Å²) in [6.45, 7) is 1.78. The average Bonchev–Trinajstić information content (AvgIpc) is 3.09. The number of nitriles is 1. The number of hydrogen-bond acceptors (Lipinski definition) is 6. The molecule has 25 heavy (non-hydrogen) atoms. The Kier molecular flexibility index (Phi) is 6.51. The Morgan fingerprint density at radius 2 is 2.24 bits per heavy atom. The number of carbonyl (C=O) groups excluding carboxylic acids is 2. The Balaban J connectivity index is 2.02. The Labute approximate surface area is 154 Å². The highest BCUT2D eigenvalue weighted by atomic mass is 35.5. The van der Waals surface area contributed by atoms with Gasteiger partial charge < -0.3 is 9.64 Å². The van der Waals surface area contributed by atoms with E-state index in [1.807, 2.05) is 12.1 Å². The first-order valence-corrected chi connectivity index (χ1v) is 8.72. The molecule has 8 heteroatoms. The van der Waals surface area contributed by atoms with Gasteiger partial charge in [0.25, 0.3) is 5.91 Å². The molecule has 1 atom stereocenters. The average molecular weight is 378 g/mol. The van der Waals surface area contributed by atoms with Crippen LogP contribution in [0.1, 0.15) is 23.8 Å². The Bertz CT molecular complexity index is 815. The SMILES string of the molecule is C[C@@H](OC(=O)c1csc(-c2cccc(Cl)c2)n1)C(=O)N(C)CCC#N. The zero-order chi connectivity index (χ0) is 18.4. The Morgan fingerprint density at radius 3 is 2.92 bits per heavy atom. The topological polar surface area (TPSA) is 83.3 Å². The lowest BCUT2D eigenvalue weighted by Gasteiger charge is -2.20. The number of halogens is 1. The van der Waals surface area contributed by atoms with E-state index in [1.165, 1.54) is 23.2 Å². The van der Waals surface area contributed by atoms with E-state index in [9.17, 15) is 9.59 Å². The van der Waals surface area contributed by atoms with E-state index < -0.39 is 12.1 Å². The Morgan fingerprint density at radius 1 is 1.48 bits per heavy atom. The van der Waals surface area contributed by atoms with Crippen molar-refractivity contribution in [3.8, 4) is 16.6 Å². The van der Waals surface area contributed by atoms with Crippen LogP contribution in [0.25, 0.3) is 10.6 Å². The molecule has 2 rings (SSSR count). The van der Waals surface area contributed by atoms with Crippen LogP contribution in [-0.2, 0) is 9.53 Å². The van der Waals surface area contributed by atoms with Crippen LogP contribution in [0, 0.1) is 11.3 Å². The third-order valence-corrected chi connectivity index (χ3v) is 4.48. The molecule has 0 bridgehead atoms. The number of likely N-dealkylation sites (N-methyl/N-ethyl adjacent to an activating group) is 1. The summed E-state index contributed by atoms with van der Waals surface area (Å²) in [6, 6.07) is 9.12. The molecule has 0 N–H and O–H groups in total. The quantitative estimate of drug-likeness (QED) is 0.720. The zero-order valence-electron chi connectivity index (χ0n) is 13.7. The summed E-state index contributed by atoms with van der Waals surface area (Å²) in [5.74, 6) is -1.03. The van der Waals surface area contributed by atoms with Crippen LogP contribution in [-0.4, -0.2) is 41.5 Å². The number of aromatic nitrogens is 1. The van der Waals surface area contributed by atoms with Crippen molar-refractivity contribution in [3.05, 3.63) is 40.4 Å². The van der Waals surface area contributed by atoms with Crippen LogP contribution in [0.2, 0.25) is 5.02 Å². The van der Waals surface area contributed by atoms with Gasteiger partial charge in [-0.1, -0.05) is 23.7 Å². The molecule has 1 aromatic heterocycles. The molecule has 1 aromatic carbocycles. The van der Waals surface area contributed by atoms with Crippen molar-refractivity contribution in [2.45, 2.75) is 19.4 Å². The van der Waals surface area contributed by atoms with Crippen LogP contribution >= 0.6 is 22.9 Å². The molecule has 0 aliphatic heterocycles. The Hall–Kier alpha value is -2.43. The first kappa shape index (κ1) is 18.9. The van der Waals surface area contributed by atoms with E-state index in [0.717, 1.165) is 5.56 Å². The number of nitrogens with zero attached hydrogens (tertiary/aromatic N) is 3. The van der Waals surface area contributed by atoms with Gasteiger partial charge in [-0.3, -0.25) is 4.79 Å².